The van der Waals surface area contributed by atoms with Gasteiger partial charge in [0.2, 0.25) is 0 Å². The van der Waals surface area contributed by atoms with Gasteiger partial charge in [-0.2, -0.15) is 0 Å². The van der Waals surface area contributed by atoms with Crippen molar-refractivity contribution in [1.29, 1.82) is 0 Å². The predicted molar refractivity (Wildman–Crippen MR) is 87.0 cm³/mol. The van der Waals surface area contributed by atoms with Gasteiger partial charge in [0.25, 0.3) is 0 Å². The number of hydrogen-bond donors (Lipinski definition) is 0. The third-order valence-corrected chi connectivity index (χ3v) is 4.76. The van der Waals surface area contributed by atoms with Gasteiger partial charge in [0, 0.05) is 18.5 Å². The van der Waals surface area contributed by atoms with Crippen LogP contribution in [0.2, 0.25) is 0 Å². The summed E-state index contributed by atoms with van der Waals surface area (Å²) in [5.41, 5.74) is 0.139. The maximum atomic E-state index is 12.1. The molecule has 1 heterocycles. The molecule has 5 heteroatoms. The van der Waals surface area contributed by atoms with Gasteiger partial charge in [-0.3, -0.25) is 4.79 Å². The SMILES string of the molecule is CCCN(CC1CC1)c1nc(C(C)(C)C(=O)OCC)cs1. The Morgan fingerprint density at radius 2 is 2.19 bits per heavy atom. The van der Waals surface area contributed by atoms with E-state index in [9.17, 15) is 4.79 Å². The third kappa shape index (κ3) is 3.96. The first-order valence-electron chi connectivity index (χ1n) is 7.87. The van der Waals surface area contributed by atoms with Gasteiger partial charge >= 0.3 is 5.97 Å². The van der Waals surface area contributed by atoms with E-state index in [1.807, 2.05) is 26.2 Å². The van der Waals surface area contributed by atoms with E-state index < -0.39 is 5.41 Å². The predicted octanol–water partition coefficient (Wildman–Crippen LogP) is 3.61. The van der Waals surface area contributed by atoms with Crippen molar-refractivity contribution in [2.24, 2.45) is 5.92 Å². The molecule has 0 aromatic carbocycles. The second-order valence-corrected chi connectivity index (χ2v) is 7.09. The molecule has 0 spiro atoms. The molecule has 0 unspecified atom stereocenters. The molecule has 0 aliphatic heterocycles. The highest BCUT2D eigenvalue weighted by Crippen LogP contribution is 2.34. The van der Waals surface area contributed by atoms with Crippen LogP contribution in [0.3, 0.4) is 0 Å². The summed E-state index contributed by atoms with van der Waals surface area (Å²) in [4.78, 5) is 19.2. The van der Waals surface area contributed by atoms with Gasteiger partial charge in [-0.15, -0.1) is 11.3 Å². The summed E-state index contributed by atoms with van der Waals surface area (Å²) in [5.74, 6) is 0.632. The maximum absolute atomic E-state index is 12.1. The fourth-order valence-electron chi connectivity index (χ4n) is 2.26. The first-order valence-corrected chi connectivity index (χ1v) is 8.75. The standard InChI is InChI=1S/C16H26N2O2S/c1-5-9-18(10-12-7-8-12)15-17-13(11-21-15)16(3,4)14(19)20-6-2/h11-12H,5-10H2,1-4H3. The van der Waals surface area contributed by atoms with Crippen LogP contribution >= 0.6 is 11.3 Å². The van der Waals surface area contributed by atoms with Gasteiger partial charge in [-0.05, 0) is 46.0 Å². The molecule has 4 nitrogen and oxygen atoms in total. The molecule has 0 saturated heterocycles. The van der Waals surface area contributed by atoms with E-state index in [4.69, 9.17) is 9.72 Å². The molecule has 0 N–H and O–H groups in total. The zero-order chi connectivity index (χ0) is 15.5. The Labute approximate surface area is 131 Å². The van der Waals surface area contributed by atoms with Crippen LogP contribution in [0.15, 0.2) is 5.38 Å². The normalized spacial score (nSPS) is 15.0. The number of rotatable bonds is 8. The number of esters is 1. The van der Waals surface area contributed by atoms with Gasteiger partial charge in [0.15, 0.2) is 5.13 Å². The van der Waals surface area contributed by atoms with E-state index in [0.29, 0.717) is 6.61 Å². The number of aromatic nitrogens is 1. The van der Waals surface area contributed by atoms with E-state index in [0.717, 1.165) is 36.3 Å². The van der Waals surface area contributed by atoms with Gasteiger partial charge < -0.3 is 9.64 Å². The lowest BCUT2D eigenvalue weighted by atomic mass is 9.90. The number of nitrogens with zero attached hydrogens (tertiary/aromatic N) is 2. The molecule has 1 saturated carbocycles. The van der Waals surface area contributed by atoms with Crippen LogP contribution < -0.4 is 4.90 Å². The monoisotopic (exact) mass is 310 g/mol. The van der Waals surface area contributed by atoms with Crippen molar-refractivity contribution in [1.82, 2.24) is 4.98 Å². The quantitative estimate of drug-likeness (QED) is 0.688. The zero-order valence-corrected chi connectivity index (χ0v) is 14.3. The molecule has 1 aliphatic rings. The molecular formula is C16H26N2O2S. The maximum Gasteiger partial charge on any atom is 0.317 e. The fourth-order valence-corrected chi connectivity index (χ4v) is 3.29. The average molecular weight is 310 g/mol. The molecule has 0 bridgehead atoms. The summed E-state index contributed by atoms with van der Waals surface area (Å²) in [5, 5.41) is 3.04. The summed E-state index contributed by atoms with van der Waals surface area (Å²) in [6, 6.07) is 0. The molecule has 1 fully saturated rings. The van der Waals surface area contributed by atoms with Crippen LogP contribution in [0.4, 0.5) is 5.13 Å². The van der Waals surface area contributed by atoms with Crippen molar-refractivity contribution in [3.8, 4) is 0 Å². The van der Waals surface area contributed by atoms with Crippen LogP contribution in [0.25, 0.3) is 0 Å². The Morgan fingerprint density at radius 3 is 2.76 bits per heavy atom. The largest absolute Gasteiger partial charge is 0.465 e. The molecule has 21 heavy (non-hydrogen) atoms. The van der Waals surface area contributed by atoms with Crippen molar-refractivity contribution in [3.63, 3.8) is 0 Å². The van der Waals surface area contributed by atoms with Crippen LogP contribution in [0, 0.1) is 5.92 Å². The molecular weight excluding hydrogens is 284 g/mol. The van der Waals surface area contributed by atoms with Gasteiger partial charge in [-0.25, -0.2) is 4.98 Å². The van der Waals surface area contributed by atoms with E-state index >= 15 is 0 Å². The molecule has 0 atom stereocenters. The molecule has 0 amide bonds. The third-order valence-electron chi connectivity index (χ3n) is 3.86. The van der Waals surface area contributed by atoms with Crippen molar-refractivity contribution in [2.75, 3.05) is 24.6 Å². The van der Waals surface area contributed by atoms with Crippen LogP contribution in [-0.2, 0) is 14.9 Å². The highest BCUT2D eigenvalue weighted by atomic mass is 32.1. The Morgan fingerprint density at radius 1 is 1.48 bits per heavy atom. The minimum atomic E-state index is -0.678. The fraction of sp³-hybridized carbons (Fsp3) is 0.750. The van der Waals surface area contributed by atoms with Crippen LogP contribution in [0.1, 0.15) is 52.7 Å². The summed E-state index contributed by atoms with van der Waals surface area (Å²) < 4.78 is 5.16. The van der Waals surface area contributed by atoms with Gasteiger partial charge in [0.05, 0.1) is 12.3 Å². The topological polar surface area (TPSA) is 42.4 Å². The highest BCUT2D eigenvalue weighted by molar-refractivity contribution is 7.13. The summed E-state index contributed by atoms with van der Waals surface area (Å²) in [6.45, 7) is 10.3. The lowest BCUT2D eigenvalue weighted by Crippen LogP contribution is -2.32. The number of thiazole rings is 1. The zero-order valence-electron chi connectivity index (χ0n) is 13.5. The van der Waals surface area contributed by atoms with Crippen LogP contribution in [-0.4, -0.2) is 30.6 Å². The van der Waals surface area contributed by atoms with Crippen molar-refractivity contribution < 1.29 is 9.53 Å². The number of anilines is 1. The molecule has 2 rings (SSSR count). The first kappa shape index (κ1) is 16.3. The van der Waals surface area contributed by atoms with Crippen molar-refractivity contribution in [2.45, 2.75) is 52.4 Å². The number of carbonyl (C=O) groups is 1. The van der Waals surface area contributed by atoms with E-state index in [2.05, 4.69) is 11.8 Å². The highest BCUT2D eigenvalue weighted by Gasteiger charge is 2.34. The lowest BCUT2D eigenvalue weighted by Gasteiger charge is -2.22. The summed E-state index contributed by atoms with van der Waals surface area (Å²) in [7, 11) is 0. The Bertz CT molecular complexity index is 480. The second kappa shape index (κ2) is 6.77. The summed E-state index contributed by atoms with van der Waals surface area (Å²) >= 11 is 1.64. The molecule has 118 valence electrons. The smallest absolute Gasteiger partial charge is 0.317 e. The summed E-state index contributed by atoms with van der Waals surface area (Å²) in [6.07, 6.45) is 3.79. The lowest BCUT2D eigenvalue weighted by molar-refractivity contribution is -0.148. The minimum absolute atomic E-state index is 0.203. The molecule has 1 aliphatic carbocycles. The number of carbonyl (C=O) groups excluding carboxylic acids is 1. The van der Waals surface area contributed by atoms with Crippen molar-refractivity contribution >= 4 is 22.4 Å². The van der Waals surface area contributed by atoms with Gasteiger partial charge in [0.1, 0.15) is 5.41 Å². The second-order valence-electron chi connectivity index (χ2n) is 6.25. The van der Waals surface area contributed by atoms with E-state index in [1.165, 1.54) is 12.8 Å². The Kier molecular flexibility index (Phi) is 5.25. The van der Waals surface area contributed by atoms with E-state index in [1.54, 1.807) is 11.3 Å². The van der Waals surface area contributed by atoms with E-state index in [-0.39, 0.29) is 5.97 Å². The minimum Gasteiger partial charge on any atom is -0.465 e. The molecule has 1 aromatic heterocycles. The molecule has 1 aromatic rings. The average Bonchev–Trinajstić information content (AvgIpc) is 3.11. The Balaban J connectivity index is 2.12. The van der Waals surface area contributed by atoms with Crippen LogP contribution in [0.5, 0.6) is 0 Å². The van der Waals surface area contributed by atoms with Crippen molar-refractivity contribution in [3.05, 3.63) is 11.1 Å². The molecule has 0 radical (unpaired) electrons. The first-order chi connectivity index (χ1) is 9.98. The number of ether oxygens (including phenoxy) is 1. The number of hydrogen-bond acceptors (Lipinski definition) is 5. The van der Waals surface area contributed by atoms with Gasteiger partial charge in [-0.1, -0.05) is 6.92 Å². The Hall–Kier alpha value is -1.10.